The molecule has 1 aromatic heterocycles. The van der Waals surface area contributed by atoms with E-state index in [-0.39, 0.29) is 23.6 Å². The largest absolute Gasteiger partial charge is 0.440 e. The summed E-state index contributed by atoms with van der Waals surface area (Å²) in [5.41, 5.74) is 1.67. The molecule has 0 bridgehead atoms. The first kappa shape index (κ1) is 19.8. The van der Waals surface area contributed by atoms with E-state index >= 15 is 0 Å². The van der Waals surface area contributed by atoms with E-state index in [4.69, 9.17) is 4.42 Å². The van der Waals surface area contributed by atoms with Crippen molar-refractivity contribution in [3.8, 4) is 22.6 Å². The van der Waals surface area contributed by atoms with E-state index in [1.165, 1.54) is 13.1 Å². The van der Waals surface area contributed by atoms with Crippen LogP contribution in [0.2, 0.25) is 0 Å². The Morgan fingerprint density at radius 1 is 1.11 bits per heavy atom. The van der Waals surface area contributed by atoms with Gasteiger partial charge in [-0.3, -0.25) is 10.0 Å². The van der Waals surface area contributed by atoms with Crippen LogP contribution in [0.5, 0.6) is 0 Å². The van der Waals surface area contributed by atoms with E-state index in [9.17, 15) is 18.4 Å². The smallest absolute Gasteiger partial charge is 0.246 e. The average Bonchev–Trinajstić information content (AvgIpc) is 3.10. The van der Waals surface area contributed by atoms with Crippen molar-refractivity contribution in [2.45, 2.75) is 17.7 Å². The Labute approximate surface area is 163 Å². The first-order chi connectivity index (χ1) is 13.3. The number of carbonyl (C=O) groups is 1. The van der Waals surface area contributed by atoms with Crippen molar-refractivity contribution in [3.05, 3.63) is 60.5 Å². The summed E-state index contributed by atoms with van der Waals surface area (Å²) in [6, 6.07) is 15.8. The number of rotatable bonds is 6. The van der Waals surface area contributed by atoms with Crippen molar-refractivity contribution in [1.29, 1.82) is 0 Å². The van der Waals surface area contributed by atoms with Crippen molar-refractivity contribution in [1.82, 2.24) is 10.0 Å². The fourth-order valence-electron chi connectivity index (χ4n) is 2.80. The molecule has 0 spiro atoms. The molecule has 0 saturated heterocycles. The third kappa shape index (κ3) is 4.29. The Morgan fingerprint density at radius 3 is 2.39 bits per heavy atom. The quantitative estimate of drug-likeness (QED) is 0.504. The molecular formula is C20H20N2O5S. The average molecular weight is 400 g/mol. The number of amides is 1. The minimum Gasteiger partial charge on any atom is -0.440 e. The van der Waals surface area contributed by atoms with E-state index in [2.05, 4.69) is 4.98 Å². The summed E-state index contributed by atoms with van der Waals surface area (Å²) in [5.74, 6) is 0.136. The van der Waals surface area contributed by atoms with Gasteiger partial charge in [-0.2, -0.15) is 0 Å². The van der Waals surface area contributed by atoms with Gasteiger partial charge >= 0.3 is 0 Å². The summed E-state index contributed by atoms with van der Waals surface area (Å²) in [4.78, 5) is 16.3. The molecule has 0 atom stereocenters. The minimum absolute atomic E-state index is 0.00884. The second kappa shape index (κ2) is 7.95. The van der Waals surface area contributed by atoms with Gasteiger partial charge in [0, 0.05) is 37.3 Å². The van der Waals surface area contributed by atoms with Gasteiger partial charge in [0.1, 0.15) is 5.69 Å². The zero-order chi connectivity index (χ0) is 20.3. The van der Waals surface area contributed by atoms with E-state index in [1.807, 2.05) is 30.3 Å². The lowest BCUT2D eigenvalue weighted by atomic mass is 10.1. The maximum absolute atomic E-state index is 12.2. The maximum Gasteiger partial charge on any atom is 0.246 e. The molecule has 146 valence electrons. The van der Waals surface area contributed by atoms with Crippen LogP contribution >= 0.6 is 0 Å². The molecule has 0 saturated carbocycles. The molecule has 1 heterocycles. The molecule has 1 N–H and O–H groups in total. The Morgan fingerprint density at radius 2 is 1.75 bits per heavy atom. The van der Waals surface area contributed by atoms with Gasteiger partial charge in [-0.05, 0) is 12.1 Å². The Hall–Kier alpha value is -2.97. The number of nitrogens with zero attached hydrogens (tertiary/aromatic N) is 2. The number of aromatic nitrogens is 1. The zero-order valence-electron chi connectivity index (χ0n) is 15.5. The van der Waals surface area contributed by atoms with E-state index in [0.29, 0.717) is 22.1 Å². The number of sulfone groups is 1. The predicted octanol–water partition coefficient (Wildman–Crippen LogP) is 3.19. The number of hydroxylamine groups is 2. The number of hydrogen-bond acceptors (Lipinski definition) is 6. The molecular weight excluding hydrogens is 380 g/mol. The number of aryl methyl sites for hydroxylation is 1. The second-order valence-electron chi connectivity index (χ2n) is 6.34. The fourth-order valence-corrected chi connectivity index (χ4v) is 3.68. The highest BCUT2D eigenvalue weighted by Crippen LogP contribution is 2.36. The molecule has 1 amide bonds. The highest BCUT2D eigenvalue weighted by atomic mass is 32.2. The summed E-state index contributed by atoms with van der Waals surface area (Å²) in [6.07, 6.45) is 1.32. The first-order valence-corrected chi connectivity index (χ1v) is 10.5. The van der Waals surface area contributed by atoms with Crippen LogP contribution in [0.3, 0.4) is 0 Å². The van der Waals surface area contributed by atoms with Gasteiger partial charge in [0.2, 0.25) is 5.91 Å². The SMILES string of the molecule is CN(O)C(=O)CCc1nc(-c2ccccc2)c(-c2ccccc2S(C)(=O)=O)o1. The van der Waals surface area contributed by atoms with Crippen molar-refractivity contribution in [3.63, 3.8) is 0 Å². The van der Waals surface area contributed by atoms with Crippen LogP contribution in [0.1, 0.15) is 12.3 Å². The molecule has 0 aliphatic heterocycles. The Kier molecular flexibility index (Phi) is 5.62. The number of oxazole rings is 1. The van der Waals surface area contributed by atoms with Gasteiger partial charge in [0.25, 0.3) is 0 Å². The van der Waals surface area contributed by atoms with Crippen LogP contribution in [0.15, 0.2) is 63.9 Å². The first-order valence-electron chi connectivity index (χ1n) is 8.57. The lowest BCUT2D eigenvalue weighted by Gasteiger charge is -2.07. The molecule has 0 aliphatic carbocycles. The third-order valence-corrected chi connectivity index (χ3v) is 5.32. The molecule has 0 fully saturated rings. The van der Waals surface area contributed by atoms with Gasteiger partial charge < -0.3 is 4.42 Å². The van der Waals surface area contributed by atoms with E-state index in [0.717, 1.165) is 11.8 Å². The standard InChI is InChI=1S/C20H20N2O5S/c1-22(24)18(23)13-12-17-21-19(14-8-4-3-5-9-14)20(27-17)15-10-6-7-11-16(15)28(2,25)26/h3-11,24H,12-13H2,1-2H3. The summed E-state index contributed by atoms with van der Waals surface area (Å²) in [7, 11) is -2.24. The summed E-state index contributed by atoms with van der Waals surface area (Å²) in [6.45, 7) is 0. The molecule has 0 aliphatic rings. The normalized spacial score (nSPS) is 11.4. The van der Waals surface area contributed by atoms with Crippen LogP contribution in [0.25, 0.3) is 22.6 Å². The lowest BCUT2D eigenvalue weighted by molar-refractivity contribution is -0.159. The van der Waals surface area contributed by atoms with E-state index < -0.39 is 15.7 Å². The van der Waals surface area contributed by atoms with E-state index in [1.54, 1.807) is 18.2 Å². The van der Waals surface area contributed by atoms with Gasteiger partial charge in [-0.15, -0.1) is 0 Å². The van der Waals surface area contributed by atoms with Crippen molar-refractivity contribution in [2.24, 2.45) is 0 Å². The summed E-state index contributed by atoms with van der Waals surface area (Å²) in [5, 5.41) is 9.72. The van der Waals surface area contributed by atoms with Crippen molar-refractivity contribution >= 4 is 15.7 Å². The van der Waals surface area contributed by atoms with Crippen LogP contribution in [-0.4, -0.2) is 42.9 Å². The van der Waals surface area contributed by atoms with Crippen LogP contribution in [-0.2, 0) is 21.1 Å². The predicted molar refractivity (Wildman–Crippen MR) is 103 cm³/mol. The van der Waals surface area contributed by atoms with Crippen molar-refractivity contribution in [2.75, 3.05) is 13.3 Å². The number of carbonyl (C=O) groups excluding carboxylic acids is 1. The van der Waals surface area contributed by atoms with Gasteiger partial charge in [0.15, 0.2) is 21.5 Å². The maximum atomic E-state index is 12.2. The van der Waals surface area contributed by atoms with Crippen LogP contribution < -0.4 is 0 Å². The highest BCUT2D eigenvalue weighted by Gasteiger charge is 2.23. The molecule has 0 unspecified atom stereocenters. The molecule has 28 heavy (non-hydrogen) atoms. The highest BCUT2D eigenvalue weighted by molar-refractivity contribution is 7.90. The topological polar surface area (TPSA) is 101 Å². The Bertz CT molecular complexity index is 1090. The molecule has 3 aromatic rings. The lowest BCUT2D eigenvalue weighted by Crippen LogP contribution is -2.22. The molecule has 7 nitrogen and oxygen atoms in total. The Balaban J connectivity index is 2.11. The minimum atomic E-state index is -3.49. The van der Waals surface area contributed by atoms with Gasteiger partial charge in [-0.25, -0.2) is 18.5 Å². The number of hydrogen-bond donors (Lipinski definition) is 1. The molecule has 2 aromatic carbocycles. The second-order valence-corrected chi connectivity index (χ2v) is 8.32. The third-order valence-electron chi connectivity index (χ3n) is 4.16. The fraction of sp³-hybridized carbons (Fsp3) is 0.200. The molecule has 3 rings (SSSR count). The summed E-state index contributed by atoms with van der Waals surface area (Å²) >= 11 is 0. The van der Waals surface area contributed by atoms with Gasteiger partial charge in [-0.1, -0.05) is 42.5 Å². The van der Waals surface area contributed by atoms with Crippen LogP contribution in [0.4, 0.5) is 0 Å². The van der Waals surface area contributed by atoms with Crippen molar-refractivity contribution < 1.29 is 22.8 Å². The van der Waals surface area contributed by atoms with Crippen LogP contribution in [0, 0.1) is 0 Å². The zero-order valence-corrected chi connectivity index (χ0v) is 16.3. The van der Waals surface area contributed by atoms with Gasteiger partial charge in [0.05, 0.1) is 4.90 Å². The molecule has 8 heteroatoms. The summed E-state index contributed by atoms with van der Waals surface area (Å²) < 4.78 is 30.4. The number of benzene rings is 2. The molecule has 0 radical (unpaired) electrons. The monoisotopic (exact) mass is 400 g/mol.